The van der Waals surface area contributed by atoms with Gasteiger partial charge in [-0.15, -0.1) is 0 Å². The lowest BCUT2D eigenvalue weighted by molar-refractivity contribution is 0.0174. The molecule has 1 aliphatic rings. The minimum atomic E-state index is -0.480. The third-order valence-electron chi connectivity index (χ3n) is 7.33. The van der Waals surface area contributed by atoms with Crippen LogP contribution in [0.3, 0.4) is 0 Å². The molecule has 0 saturated carbocycles. The molecule has 3 N–H and O–H groups in total. The van der Waals surface area contributed by atoms with Gasteiger partial charge in [0.15, 0.2) is 5.76 Å². The number of aryl methyl sites for hydroxylation is 2. The zero-order chi connectivity index (χ0) is 31.3. The van der Waals surface area contributed by atoms with Crippen LogP contribution >= 0.6 is 11.6 Å². The molecular formula is C30H37ClN6O6. The van der Waals surface area contributed by atoms with Crippen LogP contribution in [0.1, 0.15) is 35.7 Å². The first-order valence-electron chi connectivity index (χ1n) is 13.9. The van der Waals surface area contributed by atoms with Gasteiger partial charge in [-0.3, -0.25) is 4.79 Å². The maximum atomic E-state index is 13.6. The van der Waals surface area contributed by atoms with Crippen molar-refractivity contribution in [1.82, 2.24) is 15.0 Å². The molecule has 13 heteroatoms. The summed E-state index contributed by atoms with van der Waals surface area (Å²) in [5.74, 6) is 0.383. The highest BCUT2D eigenvalue weighted by Gasteiger charge is 2.31. The summed E-state index contributed by atoms with van der Waals surface area (Å²) < 4.78 is 17.2. The second-order valence-corrected chi connectivity index (χ2v) is 11.1. The van der Waals surface area contributed by atoms with Crippen molar-refractivity contribution in [3.8, 4) is 5.75 Å². The standard InChI is InChI=1S/C30H37ClN6O6/c1-17-14-37(30(40)34-27-19(3)35-43-20(27)4)18(2)16-42-25-13-23(33-29(39)32-22-9-7-21(31)8-10-22)11-12-24(25)28(38)36(5)15-26(17)41-6/h7-13,17-18,26H,14-16H2,1-6H3,(H,34,40)(H2,32,33,39)/t17-,18-,26+/m0/s1. The van der Waals surface area contributed by atoms with Gasteiger partial charge < -0.3 is 39.7 Å². The molecule has 0 radical (unpaired) electrons. The fourth-order valence-electron chi connectivity index (χ4n) is 4.80. The summed E-state index contributed by atoms with van der Waals surface area (Å²) in [7, 11) is 3.28. The molecule has 1 aliphatic heterocycles. The van der Waals surface area contributed by atoms with E-state index in [1.54, 1.807) is 80.3 Å². The van der Waals surface area contributed by atoms with Gasteiger partial charge in [0.05, 0.1) is 17.7 Å². The van der Waals surface area contributed by atoms with Crippen LogP contribution < -0.4 is 20.7 Å². The number of ether oxygens (including phenoxy) is 2. The second kappa shape index (κ2) is 13.8. The number of carbonyl (C=O) groups is 3. The lowest BCUT2D eigenvalue weighted by Crippen LogP contribution is -2.50. The average Bonchev–Trinajstić information content (AvgIpc) is 3.29. The van der Waals surface area contributed by atoms with Crippen LogP contribution in [0, 0.1) is 19.8 Å². The van der Waals surface area contributed by atoms with Gasteiger partial charge in [0.1, 0.15) is 23.7 Å². The van der Waals surface area contributed by atoms with E-state index in [1.807, 2.05) is 13.8 Å². The average molecular weight is 613 g/mol. The van der Waals surface area contributed by atoms with E-state index < -0.39 is 12.1 Å². The van der Waals surface area contributed by atoms with Crippen molar-refractivity contribution >= 4 is 46.6 Å². The van der Waals surface area contributed by atoms with Gasteiger partial charge in [0, 0.05) is 55.6 Å². The molecule has 2 heterocycles. The molecule has 0 unspecified atom stereocenters. The van der Waals surface area contributed by atoms with Crippen molar-refractivity contribution in [3.63, 3.8) is 0 Å². The van der Waals surface area contributed by atoms with Gasteiger partial charge in [-0.2, -0.15) is 0 Å². The number of halogens is 1. The number of aromatic nitrogens is 1. The van der Waals surface area contributed by atoms with E-state index in [2.05, 4.69) is 21.1 Å². The summed E-state index contributed by atoms with van der Waals surface area (Å²) in [4.78, 5) is 43.0. The molecule has 12 nitrogen and oxygen atoms in total. The monoisotopic (exact) mass is 612 g/mol. The number of nitrogens with zero attached hydrogens (tertiary/aromatic N) is 3. The smallest absolute Gasteiger partial charge is 0.323 e. The molecular weight excluding hydrogens is 576 g/mol. The molecule has 0 saturated heterocycles. The number of amides is 5. The number of urea groups is 2. The van der Waals surface area contributed by atoms with E-state index >= 15 is 0 Å². The largest absolute Gasteiger partial charge is 0.491 e. The molecule has 4 rings (SSSR count). The molecule has 0 fully saturated rings. The Morgan fingerprint density at radius 3 is 2.35 bits per heavy atom. The summed E-state index contributed by atoms with van der Waals surface area (Å²) in [6, 6.07) is 10.3. The number of fused-ring (bicyclic) bond motifs is 1. The molecule has 1 aromatic heterocycles. The summed E-state index contributed by atoms with van der Waals surface area (Å²) >= 11 is 5.93. The fourth-order valence-corrected chi connectivity index (χ4v) is 4.93. The Morgan fingerprint density at radius 1 is 1.02 bits per heavy atom. The van der Waals surface area contributed by atoms with Crippen LogP contribution in [-0.2, 0) is 4.74 Å². The Kier molecular flexibility index (Phi) is 10.1. The second-order valence-electron chi connectivity index (χ2n) is 10.7. The molecule has 2 aromatic carbocycles. The highest BCUT2D eigenvalue weighted by Crippen LogP contribution is 2.28. The quantitative estimate of drug-likeness (QED) is 0.347. The number of hydrogen-bond donors (Lipinski definition) is 3. The Morgan fingerprint density at radius 2 is 1.70 bits per heavy atom. The maximum Gasteiger partial charge on any atom is 0.323 e. The Bertz CT molecular complexity index is 1440. The van der Waals surface area contributed by atoms with E-state index in [0.29, 0.717) is 45.6 Å². The molecule has 3 aromatic rings. The maximum absolute atomic E-state index is 13.6. The first kappa shape index (κ1) is 31.6. The van der Waals surface area contributed by atoms with Crippen LogP contribution in [0.5, 0.6) is 5.75 Å². The Balaban J connectivity index is 1.60. The lowest BCUT2D eigenvalue weighted by Gasteiger charge is -2.36. The van der Waals surface area contributed by atoms with E-state index in [0.717, 1.165) is 0 Å². The molecule has 230 valence electrons. The van der Waals surface area contributed by atoms with Crippen molar-refractivity contribution in [2.45, 2.75) is 39.8 Å². The number of anilines is 3. The number of nitrogens with one attached hydrogen (secondary N) is 3. The highest BCUT2D eigenvalue weighted by molar-refractivity contribution is 6.30. The molecule has 0 bridgehead atoms. The van der Waals surface area contributed by atoms with Gasteiger partial charge >= 0.3 is 12.1 Å². The number of methoxy groups -OCH3 is 1. The van der Waals surface area contributed by atoms with Gasteiger partial charge in [-0.25, -0.2) is 9.59 Å². The van der Waals surface area contributed by atoms with Crippen LogP contribution in [0.15, 0.2) is 47.0 Å². The van der Waals surface area contributed by atoms with E-state index in [-0.39, 0.29) is 42.9 Å². The van der Waals surface area contributed by atoms with Gasteiger partial charge in [0.2, 0.25) is 0 Å². The van der Waals surface area contributed by atoms with Crippen LogP contribution in [0.25, 0.3) is 0 Å². The van der Waals surface area contributed by atoms with E-state index in [4.69, 9.17) is 25.6 Å². The van der Waals surface area contributed by atoms with Crippen molar-refractivity contribution in [3.05, 3.63) is 64.5 Å². The topological polar surface area (TPSA) is 138 Å². The molecule has 3 atom stereocenters. The molecule has 0 aliphatic carbocycles. The SMILES string of the molecule is CO[C@@H]1CN(C)C(=O)c2ccc(NC(=O)Nc3ccc(Cl)cc3)cc2OC[C@H](C)N(C(=O)Nc2c(C)noc2C)C[C@@H]1C. The highest BCUT2D eigenvalue weighted by atomic mass is 35.5. The number of likely N-dealkylation sites (N-methyl/N-ethyl adjacent to an activating group) is 1. The summed E-state index contributed by atoms with van der Waals surface area (Å²) in [6.07, 6.45) is -0.350. The third kappa shape index (κ3) is 7.76. The third-order valence-corrected chi connectivity index (χ3v) is 7.58. The number of hydrogen-bond acceptors (Lipinski definition) is 7. The lowest BCUT2D eigenvalue weighted by atomic mass is 10.0. The molecule has 5 amide bonds. The number of rotatable bonds is 4. The van der Waals surface area contributed by atoms with Crippen molar-refractivity contribution in [1.29, 1.82) is 0 Å². The Labute approximate surface area is 255 Å². The van der Waals surface area contributed by atoms with Crippen LogP contribution in [0.2, 0.25) is 5.02 Å². The zero-order valence-corrected chi connectivity index (χ0v) is 25.8. The van der Waals surface area contributed by atoms with Crippen LogP contribution in [0.4, 0.5) is 26.7 Å². The Hall–Kier alpha value is -4.29. The van der Waals surface area contributed by atoms with E-state index in [1.165, 1.54) is 0 Å². The minimum Gasteiger partial charge on any atom is -0.491 e. The molecule has 43 heavy (non-hydrogen) atoms. The normalized spacial score (nSPS) is 19.4. The van der Waals surface area contributed by atoms with Crippen molar-refractivity contribution in [2.24, 2.45) is 5.92 Å². The van der Waals surface area contributed by atoms with Gasteiger partial charge in [-0.05, 0) is 57.2 Å². The fraction of sp³-hybridized carbons (Fsp3) is 0.400. The first-order chi connectivity index (χ1) is 20.5. The van der Waals surface area contributed by atoms with Crippen molar-refractivity contribution < 1.29 is 28.4 Å². The zero-order valence-electron chi connectivity index (χ0n) is 25.1. The van der Waals surface area contributed by atoms with Crippen LogP contribution in [-0.4, -0.2) is 78.9 Å². The first-order valence-corrected chi connectivity index (χ1v) is 14.2. The number of benzene rings is 2. The molecule has 0 spiro atoms. The predicted molar refractivity (Wildman–Crippen MR) is 164 cm³/mol. The van der Waals surface area contributed by atoms with E-state index in [9.17, 15) is 14.4 Å². The van der Waals surface area contributed by atoms with Gasteiger partial charge in [0.25, 0.3) is 5.91 Å². The minimum absolute atomic E-state index is 0.0732. The summed E-state index contributed by atoms with van der Waals surface area (Å²) in [5, 5.41) is 12.9. The summed E-state index contributed by atoms with van der Waals surface area (Å²) in [5.41, 5.74) is 2.38. The summed E-state index contributed by atoms with van der Waals surface area (Å²) in [6.45, 7) is 8.01. The number of carbonyl (C=O) groups excluding carboxylic acids is 3. The van der Waals surface area contributed by atoms with Crippen molar-refractivity contribution in [2.75, 3.05) is 49.8 Å². The predicted octanol–water partition coefficient (Wildman–Crippen LogP) is 5.63. The van der Waals surface area contributed by atoms with Gasteiger partial charge in [-0.1, -0.05) is 23.7 Å².